The Morgan fingerprint density at radius 3 is 2.35 bits per heavy atom. The first-order valence-corrected chi connectivity index (χ1v) is 11.3. The Labute approximate surface area is 184 Å². The van der Waals surface area contributed by atoms with Crippen LogP contribution in [0, 0.1) is 17.8 Å². The van der Waals surface area contributed by atoms with E-state index in [-0.39, 0.29) is 5.91 Å². The van der Waals surface area contributed by atoms with Crippen LogP contribution in [-0.4, -0.2) is 33.7 Å². The molecule has 0 spiro atoms. The predicted molar refractivity (Wildman–Crippen MR) is 119 cm³/mol. The second-order valence-corrected chi connectivity index (χ2v) is 9.53. The maximum absolute atomic E-state index is 13.3. The van der Waals surface area contributed by atoms with Gasteiger partial charge in [0.2, 0.25) is 0 Å². The molecule has 166 valence electrons. The van der Waals surface area contributed by atoms with Crippen molar-refractivity contribution < 1.29 is 14.3 Å². The van der Waals surface area contributed by atoms with E-state index in [1.54, 1.807) is 29.2 Å². The van der Waals surface area contributed by atoms with Gasteiger partial charge in [-0.25, -0.2) is 4.79 Å². The number of carbonyl (C=O) groups excluding carboxylic acids is 2. The molecule has 31 heavy (non-hydrogen) atoms. The van der Waals surface area contributed by atoms with Crippen molar-refractivity contribution in [3.05, 3.63) is 52.3 Å². The van der Waals surface area contributed by atoms with Gasteiger partial charge in [0.15, 0.2) is 0 Å². The molecule has 0 radical (unpaired) electrons. The Morgan fingerprint density at radius 2 is 1.68 bits per heavy atom. The fraction of sp³-hybridized carbons (Fsp3) is 0.560. The average molecular weight is 424 g/mol. The number of ether oxygens (including phenoxy) is 1. The summed E-state index contributed by atoms with van der Waals surface area (Å²) in [6, 6.07) is 7.18. The van der Waals surface area contributed by atoms with E-state index in [0.717, 1.165) is 12.1 Å². The Balaban J connectivity index is 1.66. The molecule has 0 saturated heterocycles. The molecule has 5 unspecified atom stereocenters. The lowest BCUT2D eigenvalue weighted by Gasteiger charge is -2.37. The number of benzene rings is 1. The third kappa shape index (κ3) is 3.56. The van der Waals surface area contributed by atoms with Crippen LogP contribution in [0.1, 0.15) is 90.7 Å². The van der Waals surface area contributed by atoms with Crippen molar-refractivity contribution in [1.82, 2.24) is 14.7 Å². The molecule has 1 aromatic carbocycles. The highest BCUT2D eigenvalue weighted by atomic mass is 16.5. The zero-order valence-electron chi connectivity index (χ0n) is 19.4. The number of carbonyl (C=O) groups is 2. The van der Waals surface area contributed by atoms with Crippen LogP contribution in [0.4, 0.5) is 0 Å². The summed E-state index contributed by atoms with van der Waals surface area (Å²) in [4.78, 5) is 27.3. The zero-order chi connectivity index (χ0) is 22.4. The first kappa shape index (κ1) is 21.6. The molecule has 2 aromatic rings. The van der Waals surface area contributed by atoms with E-state index in [1.165, 1.54) is 18.4 Å². The van der Waals surface area contributed by atoms with E-state index in [1.807, 2.05) is 0 Å². The van der Waals surface area contributed by atoms with Gasteiger partial charge in [0.25, 0.3) is 5.91 Å². The summed E-state index contributed by atoms with van der Waals surface area (Å²) in [7, 11) is 1.33. The minimum atomic E-state index is -0.492. The fourth-order valence-electron chi connectivity index (χ4n) is 5.43. The molecule has 6 nitrogen and oxygen atoms in total. The highest BCUT2D eigenvalue weighted by molar-refractivity contribution is 6.05. The van der Waals surface area contributed by atoms with Crippen LogP contribution >= 0.6 is 0 Å². The molecule has 0 bridgehead atoms. The number of amides is 1. The molecule has 0 N–H and O–H groups in total. The highest BCUT2D eigenvalue weighted by Gasteiger charge is 2.38. The molecular formula is C25H33N3O3. The molecule has 4 rings (SSSR count). The number of methoxy groups -OCH3 is 1. The Morgan fingerprint density at radius 1 is 1.00 bits per heavy atom. The maximum Gasteiger partial charge on any atom is 0.338 e. The monoisotopic (exact) mass is 423 g/mol. The zero-order valence-corrected chi connectivity index (χ0v) is 19.4. The van der Waals surface area contributed by atoms with Crippen molar-refractivity contribution in [2.45, 2.75) is 66.1 Å². The SMILES string of the molecule is COC(=O)c1ccccc1C(=O)N1Cc2nn3c(c2C1)C(C)CC(C)C(C)C(C)C3C. The third-order valence-corrected chi connectivity index (χ3v) is 7.74. The Hall–Kier alpha value is -2.63. The average Bonchev–Trinajstić information content (AvgIpc) is 3.33. The first-order valence-electron chi connectivity index (χ1n) is 11.3. The second-order valence-electron chi connectivity index (χ2n) is 9.53. The van der Waals surface area contributed by atoms with Crippen LogP contribution in [0.5, 0.6) is 0 Å². The summed E-state index contributed by atoms with van der Waals surface area (Å²) >= 11 is 0. The summed E-state index contributed by atoms with van der Waals surface area (Å²) < 4.78 is 7.11. The van der Waals surface area contributed by atoms with Crippen molar-refractivity contribution in [3.8, 4) is 0 Å². The van der Waals surface area contributed by atoms with Gasteiger partial charge in [-0.05, 0) is 49.1 Å². The van der Waals surface area contributed by atoms with Gasteiger partial charge < -0.3 is 9.64 Å². The fourth-order valence-corrected chi connectivity index (χ4v) is 5.43. The normalized spacial score (nSPS) is 27.8. The molecule has 2 aliphatic heterocycles. The number of esters is 1. The van der Waals surface area contributed by atoms with Crippen molar-refractivity contribution in [2.24, 2.45) is 17.8 Å². The molecule has 1 aromatic heterocycles. The molecular weight excluding hydrogens is 390 g/mol. The van der Waals surface area contributed by atoms with E-state index >= 15 is 0 Å². The third-order valence-electron chi connectivity index (χ3n) is 7.74. The van der Waals surface area contributed by atoms with Crippen molar-refractivity contribution >= 4 is 11.9 Å². The van der Waals surface area contributed by atoms with Crippen molar-refractivity contribution in [3.63, 3.8) is 0 Å². The van der Waals surface area contributed by atoms with Gasteiger partial charge in [-0.2, -0.15) is 5.10 Å². The van der Waals surface area contributed by atoms with Gasteiger partial charge in [0, 0.05) is 11.3 Å². The van der Waals surface area contributed by atoms with E-state index in [0.29, 0.717) is 53.9 Å². The smallest absolute Gasteiger partial charge is 0.338 e. The maximum atomic E-state index is 13.3. The first-order chi connectivity index (χ1) is 14.7. The highest BCUT2D eigenvalue weighted by Crippen LogP contribution is 2.43. The van der Waals surface area contributed by atoms with Gasteiger partial charge >= 0.3 is 5.97 Å². The summed E-state index contributed by atoms with van der Waals surface area (Å²) in [6.45, 7) is 12.6. The number of aromatic nitrogens is 2. The second kappa shape index (κ2) is 8.13. The predicted octanol–water partition coefficient (Wildman–Crippen LogP) is 4.80. The molecule has 5 atom stereocenters. The van der Waals surface area contributed by atoms with Crippen LogP contribution in [0.25, 0.3) is 0 Å². The van der Waals surface area contributed by atoms with Crippen LogP contribution in [0.3, 0.4) is 0 Å². The summed E-state index contributed by atoms with van der Waals surface area (Å²) in [5.41, 5.74) is 4.15. The van der Waals surface area contributed by atoms with Crippen LogP contribution in [-0.2, 0) is 17.8 Å². The molecule has 2 aliphatic rings. The lowest BCUT2D eigenvalue weighted by Crippen LogP contribution is -2.32. The number of rotatable bonds is 2. The summed E-state index contributed by atoms with van der Waals surface area (Å²) in [6.07, 6.45) is 1.12. The van der Waals surface area contributed by atoms with Gasteiger partial charge in [0.1, 0.15) is 0 Å². The number of nitrogens with zero attached hydrogens (tertiary/aromatic N) is 3. The number of hydrogen-bond donors (Lipinski definition) is 0. The number of hydrogen-bond acceptors (Lipinski definition) is 4. The van der Waals surface area contributed by atoms with Gasteiger partial charge in [-0.3, -0.25) is 9.48 Å². The standard InChI is InChI=1S/C25H33N3O3/c1-14-11-15(2)23-21-12-27(13-22(21)26-28(23)18(5)17(4)16(14)3)24(29)19-9-7-8-10-20(19)25(30)31-6/h7-10,14-18H,11-13H2,1-6H3. The minimum absolute atomic E-state index is 0.153. The van der Waals surface area contributed by atoms with E-state index in [4.69, 9.17) is 9.84 Å². The lowest BCUT2D eigenvalue weighted by molar-refractivity contribution is 0.0589. The lowest BCUT2D eigenvalue weighted by atomic mass is 9.75. The van der Waals surface area contributed by atoms with E-state index < -0.39 is 5.97 Å². The Bertz CT molecular complexity index is 1010. The summed E-state index contributed by atoms with van der Waals surface area (Å²) in [5, 5.41) is 5.01. The van der Waals surface area contributed by atoms with Gasteiger partial charge in [0.05, 0.1) is 43.1 Å². The molecule has 3 heterocycles. The quantitative estimate of drug-likeness (QED) is 0.651. The molecule has 1 amide bonds. The van der Waals surface area contributed by atoms with Crippen LogP contribution < -0.4 is 0 Å². The topological polar surface area (TPSA) is 64.4 Å². The molecule has 0 aliphatic carbocycles. The summed E-state index contributed by atoms with van der Waals surface area (Å²) in [5.74, 6) is 1.55. The molecule has 0 saturated carbocycles. The number of fused-ring (bicyclic) bond motifs is 3. The minimum Gasteiger partial charge on any atom is -0.465 e. The largest absolute Gasteiger partial charge is 0.465 e. The molecule has 0 fully saturated rings. The van der Waals surface area contributed by atoms with Gasteiger partial charge in [-0.15, -0.1) is 0 Å². The van der Waals surface area contributed by atoms with Crippen LogP contribution in [0.2, 0.25) is 0 Å². The van der Waals surface area contributed by atoms with E-state index in [2.05, 4.69) is 39.3 Å². The molecule has 6 heteroatoms. The van der Waals surface area contributed by atoms with Crippen LogP contribution in [0.15, 0.2) is 24.3 Å². The van der Waals surface area contributed by atoms with Crippen molar-refractivity contribution in [2.75, 3.05) is 7.11 Å². The van der Waals surface area contributed by atoms with Crippen molar-refractivity contribution in [1.29, 1.82) is 0 Å². The Kier molecular flexibility index (Phi) is 5.67. The van der Waals surface area contributed by atoms with Gasteiger partial charge in [-0.1, -0.05) is 39.8 Å². The van der Waals surface area contributed by atoms with E-state index in [9.17, 15) is 9.59 Å².